The molecule has 0 fully saturated rings. The van der Waals surface area contributed by atoms with Crippen molar-refractivity contribution in [1.29, 1.82) is 0 Å². The molecule has 152 valence electrons. The van der Waals surface area contributed by atoms with Crippen molar-refractivity contribution in [3.05, 3.63) is 72.4 Å². The fourth-order valence-electron chi connectivity index (χ4n) is 2.26. The number of alkyl halides is 3. The Morgan fingerprint density at radius 1 is 0.931 bits per heavy atom. The molecule has 4 N–H and O–H groups in total. The lowest BCUT2D eigenvalue weighted by Crippen LogP contribution is -2.19. The second-order valence-corrected chi connectivity index (χ2v) is 5.70. The SMILES string of the molecule is Cl.Nc1ccc(Oc2ccc(NC(=O)Nc3cccc(C(F)(F)F)c3)cc2)cn1. The topological polar surface area (TPSA) is 89.3 Å². The van der Waals surface area contributed by atoms with Gasteiger partial charge in [0.15, 0.2) is 0 Å². The van der Waals surface area contributed by atoms with Crippen LogP contribution in [0.15, 0.2) is 66.9 Å². The number of pyridine rings is 1. The molecule has 29 heavy (non-hydrogen) atoms. The first kappa shape index (κ1) is 21.8. The zero-order chi connectivity index (χ0) is 20.1. The fraction of sp³-hybridized carbons (Fsp3) is 0.0526. The second kappa shape index (κ2) is 9.16. The summed E-state index contributed by atoms with van der Waals surface area (Å²) in [5.74, 6) is 1.38. The highest BCUT2D eigenvalue weighted by Gasteiger charge is 2.30. The summed E-state index contributed by atoms with van der Waals surface area (Å²) in [4.78, 5) is 15.9. The molecule has 6 nitrogen and oxygen atoms in total. The molecular weight excluding hydrogens is 409 g/mol. The van der Waals surface area contributed by atoms with Gasteiger partial charge >= 0.3 is 12.2 Å². The number of nitrogen functional groups attached to an aromatic ring is 1. The van der Waals surface area contributed by atoms with Crippen molar-refractivity contribution in [3.8, 4) is 11.5 Å². The number of nitrogens with zero attached hydrogens (tertiary/aromatic N) is 1. The fourth-order valence-corrected chi connectivity index (χ4v) is 2.26. The summed E-state index contributed by atoms with van der Waals surface area (Å²) in [5, 5.41) is 4.89. The van der Waals surface area contributed by atoms with E-state index < -0.39 is 17.8 Å². The van der Waals surface area contributed by atoms with Gasteiger partial charge in [0.25, 0.3) is 0 Å². The van der Waals surface area contributed by atoms with Crippen LogP contribution in [0.1, 0.15) is 5.56 Å². The molecule has 0 aliphatic heterocycles. The zero-order valence-electron chi connectivity index (χ0n) is 14.7. The first-order valence-corrected chi connectivity index (χ1v) is 8.04. The highest BCUT2D eigenvalue weighted by atomic mass is 35.5. The third kappa shape index (κ3) is 6.28. The monoisotopic (exact) mass is 424 g/mol. The average molecular weight is 425 g/mol. The van der Waals surface area contributed by atoms with Gasteiger partial charge < -0.3 is 21.1 Å². The molecule has 0 aliphatic rings. The molecule has 0 aliphatic carbocycles. The summed E-state index contributed by atoms with van der Waals surface area (Å²) >= 11 is 0. The Morgan fingerprint density at radius 3 is 2.21 bits per heavy atom. The molecule has 0 saturated heterocycles. The molecule has 3 rings (SSSR count). The van der Waals surface area contributed by atoms with E-state index in [4.69, 9.17) is 10.5 Å². The summed E-state index contributed by atoms with van der Waals surface area (Å²) in [6.07, 6.45) is -3.01. The molecule has 0 atom stereocenters. The van der Waals surface area contributed by atoms with Crippen LogP contribution in [0.3, 0.4) is 0 Å². The largest absolute Gasteiger partial charge is 0.456 e. The number of amides is 2. The third-order valence-corrected chi connectivity index (χ3v) is 3.55. The maximum Gasteiger partial charge on any atom is 0.416 e. The molecule has 1 aromatic heterocycles. The molecule has 1 heterocycles. The molecule has 2 amide bonds. The molecule has 0 saturated carbocycles. The summed E-state index contributed by atoms with van der Waals surface area (Å²) in [6, 6.07) is 13.4. The van der Waals surface area contributed by atoms with Crippen LogP contribution in [0.25, 0.3) is 0 Å². The number of nitrogens with two attached hydrogens (primary N) is 1. The standard InChI is InChI=1S/C19H15F3N4O2.ClH/c20-19(21,22)12-2-1-3-14(10-12)26-18(27)25-13-4-6-15(7-5-13)28-16-8-9-17(23)24-11-16;/h1-11H,(H2,23,24)(H2,25,26,27);1H. The Bertz CT molecular complexity index is 964. The number of carbonyl (C=O) groups excluding carboxylic acids is 1. The van der Waals surface area contributed by atoms with Crippen LogP contribution in [0, 0.1) is 0 Å². The second-order valence-electron chi connectivity index (χ2n) is 5.70. The van der Waals surface area contributed by atoms with Crippen LogP contribution >= 0.6 is 12.4 Å². The van der Waals surface area contributed by atoms with Gasteiger partial charge in [-0.3, -0.25) is 0 Å². The van der Waals surface area contributed by atoms with E-state index in [0.717, 1.165) is 12.1 Å². The van der Waals surface area contributed by atoms with Crippen LogP contribution < -0.4 is 21.1 Å². The van der Waals surface area contributed by atoms with Crippen LogP contribution in [0.2, 0.25) is 0 Å². The average Bonchev–Trinajstić information content (AvgIpc) is 2.65. The number of nitrogens with one attached hydrogen (secondary N) is 2. The third-order valence-electron chi connectivity index (χ3n) is 3.55. The smallest absolute Gasteiger partial charge is 0.416 e. The van der Waals surface area contributed by atoms with Gasteiger partial charge in [-0.1, -0.05) is 6.07 Å². The highest BCUT2D eigenvalue weighted by Crippen LogP contribution is 2.30. The number of anilines is 3. The highest BCUT2D eigenvalue weighted by molar-refractivity contribution is 5.99. The van der Waals surface area contributed by atoms with E-state index in [2.05, 4.69) is 15.6 Å². The van der Waals surface area contributed by atoms with Crippen molar-refractivity contribution in [2.24, 2.45) is 0 Å². The van der Waals surface area contributed by atoms with Gasteiger partial charge in [0.1, 0.15) is 17.3 Å². The Labute approximate surface area is 170 Å². The van der Waals surface area contributed by atoms with Crippen LogP contribution in [0.5, 0.6) is 11.5 Å². The van der Waals surface area contributed by atoms with E-state index >= 15 is 0 Å². The number of hydrogen-bond donors (Lipinski definition) is 3. The van der Waals surface area contributed by atoms with Crippen molar-refractivity contribution in [1.82, 2.24) is 4.98 Å². The lowest BCUT2D eigenvalue weighted by Gasteiger charge is -2.11. The molecule has 0 unspecified atom stereocenters. The summed E-state index contributed by atoms with van der Waals surface area (Å²) in [5.41, 5.74) is 5.13. The van der Waals surface area contributed by atoms with E-state index in [-0.39, 0.29) is 18.1 Å². The zero-order valence-corrected chi connectivity index (χ0v) is 15.6. The van der Waals surface area contributed by atoms with E-state index in [1.807, 2.05) is 0 Å². The van der Waals surface area contributed by atoms with Crippen molar-refractivity contribution in [3.63, 3.8) is 0 Å². The normalized spacial score (nSPS) is 10.6. The van der Waals surface area contributed by atoms with E-state index in [1.54, 1.807) is 36.4 Å². The van der Waals surface area contributed by atoms with Gasteiger partial charge in [-0.2, -0.15) is 13.2 Å². The number of rotatable bonds is 4. The molecular formula is C19H16ClF3N4O2. The Balaban J connectivity index is 0.00000300. The summed E-state index contributed by atoms with van der Waals surface area (Å²) < 4.78 is 43.7. The van der Waals surface area contributed by atoms with Crippen LogP contribution in [-0.2, 0) is 6.18 Å². The van der Waals surface area contributed by atoms with Gasteiger partial charge in [0.2, 0.25) is 0 Å². The minimum Gasteiger partial charge on any atom is -0.456 e. The van der Waals surface area contributed by atoms with Crippen molar-refractivity contribution < 1.29 is 22.7 Å². The minimum absolute atomic E-state index is 0. The predicted molar refractivity (Wildman–Crippen MR) is 106 cm³/mol. The molecule has 2 aromatic carbocycles. The number of aromatic nitrogens is 1. The number of carbonyl (C=O) groups is 1. The van der Waals surface area contributed by atoms with Crippen molar-refractivity contribution in [2.45, 2.75) is 6.18 Å². The Kier molecular flexibility index (Phi) is 6.89. The van der Waals surface area contributed by atoms with Gasteiger partial charge in [-0.05, 0) is 54.6 Å². The molecule has 3 aromatic rings. The van der Waals surface area contributed by atoms with Gasteiger partial charge in [-0.25, -0.2) is 9.78 Å². The molecule has 10 heteroatoms. The minimum atomic E-state index is -4.48. The number of urea groups is 1. The summed E-state index contributed by atoms with van der Waals surface area (Å²) in [7, 11) is 0. The Hall–Kier alpha value is -3.46. The first-order chi connectivity index (χ1) is 13.3. The maximum absolute atomic E-state index is 12.7. The van der Waals surface area contributed by atoms with E-state index in [9.17, 15) is 18.0 Å². The van der Waals surface area contributed by atoms with Gasteiger partial charge in [-0.15, -0.1) is 12.4 Å². The number of halogens is 4. The van der Waals surface area contributed by atoms with Crippen LogP contribution in [0.4, 0.5) is 35.2 Å². The van der Waals surface area contributed by atoms with Gasteiger partial charge in [0, 0.05) is 11.4 Å². The maximum atomic E-state index is 12.7. The summed E-state index contributed by atoms with van der Waals surface area (Å²) in [6.45, 7) is 0. The molecule has 0 radical (unpaired) electrons. The Morgan fingerprint density at radius 2 is 1.59 bits per heavy atom. The predicted octanol–water partition coefficient (Wildman–Crippen LogP) is 5.54. The van der Waals surface area contributed by atoms with Crippen LogP contribution in [-0.4, -0.2) is 11.0 Å². The van der Waals surface area contributed by atoms with Crippen molar-refractivity contribution in [2.75, 3.05) is 16.4 Å². The lowest BCUT2D eigenvalue weighted by atomic mass is 10.2. The quantitative estimate of drug-likeness (QED) is 0.513. The first-order valence-electron chi connectivity index (χ1n) is 8.04. The van der Waals surface area contributed by atoms with E-state index in [1.165, 1.54) is 18.3 Å². The number of hydrogen-bond acceptors (Lipinski definition) is 4. The van der Waals surface area contributed by atoms with Gasteiger partial charge in [0.05, 0.1) is 11.8 Å². The lowest BCUT2D eigenvalue weighted by molar-refractivity contribution is -0.137. The van der Waals surface area contributed by atoms with Crippen molar-refractivity contribution >= 4 is 35.6 Å². The van der Waals surface area contributed by atoms with E-state index in [0.29, 0.717) is 23.0 Å². The molecule has 0 spiro atoms. The number of benzene rings is 2. The number of ether oxygens (including phenoxy) is 1. The molecule has 0 bridgehead atoms.